The van der Waals surface area contributed by atoms with Crippen molar-refractivity contribution in [3.63, 3.8) is 0 Å². The van der Waals surface area contributed by atoms with Gasteiger partial charge in [0, 0.05) is 19.8 Å². The van der Waals surface area contributed by atoms with E-state index in [0.717, 1.165) is 13.1 Å². The second-order valence-corrected chi connectivity index (χ2v) is 2.61. The third kappa shape index (κ3) is 2.35. The molecule has 1 heterocycles. The molecule has 0 atom stereocenters. The first-order valence-electron chi connectivity index (χ1n) is 3.84. The minimum Gasteiger partial charge on any atom is -0.309 e. The highest BCUT2D eigenvalue weighted by Crippen LogP contribution is 2.05. The highest BCUT2D eigenvalue weighted by atomic mass is 15.3. The van der Waals surface area contributed by atoms with E-state index in [4.69, 9.17) is 0 Å². The maximum absolute atomic E-state index is 3.57. The van der Waals surface area contributed by atoms with Crippen LogP contribution in [0.5, 0.6) is 0 Å². The molecular weight excluding hydrogens is 126 g/mol. The Hall–Kier alpha value is -0.570. The Morgan fingerprint density at radius 1 is 1.40 bits per heavy atom. The van der Waals surface area contributed by atoms with Crippen LogP contribution in [0.4, 0.5) is 0 Å². The quantitative estimate of drug-likeness (QED) is 0.346. The summed E-state index contributed by atoms with van der Waals surface area (Å²) in [7, 11) is 0. The third-order valence-electron chi connectivity index (χ3n) is 1.85. The highest BCUT2D eigenvalue weighted by Gasteiger charge is 2.09. The van der Waals surface area contributed by atoms with Crippen molar-refractivity contribution < 1.29 is 0 Å². The van der Waals surface area contributed by atoms with Gasteiger partial charge >= 0.3 is 0 Å². The molecule has 0 aliphatic carbocycles. The first kappa shape index (κ1) is 7.54. The molecule has 58 valence electrons. The molecule has 0 unspecified atom stereocenters. The predicted octanol–water partition coefficient (Wildman–Crippen LogP) is 0.287. The molecule has 3 nitrogen and oxygen atoms in total. The minimum absolute atomic E-state index is 0.934. The molecular formula is C7H15N3. The van der Waals surface area contributed by atoms with Crippen molar-refractivity contribution >= 4 is 6.72 Å². The van der Waals surface area contributed by atoms with Crippen molar-refractivity contribution in [2.24, 2.45) is 5.10 Å². The molecule has 0 spiro atoms. The molecule has 0 saturated carbocycles. The summed E-state index contributed by atoms with van der Waals surface area (Å²) < 4.78 is 0. The van der Waals surface area contributed by atoms with Crippen LogP contribution in [0.15, 0.2) is 5.10 Å². The van der Waals surface area contributed by atoms with Gasteiger partial charge in [-0.05, 0) is 25.9 Å². The van der Waals surface area contributed by atoms with Gasteiger partial charge in [-0.2, -0.15) is 5.10 Å². The van der Waals surface area contributed by atoms with Crippen LogP contribution in [0, 0.1) is 0 Å². The smallest absolute Gasteiger partial charge is 0.0456 e. The molecule has 1 saturated heterocycles. The Balaban J connectivity index is 1.96. The summed E-state index contributed by atoms with van der Waals surface area (Å²) in [5.74, 6) is 0. The Kier molecular flexibility index (Phi) is 3.22. The maximum Gasteiger partial charge on any atom is 0.0456 e. The fourth-order valence-electron chi connectivity index (χ4n) is 1.29. The second-order valence-electron chi connectivity index (χ2n) is 2.61. The summed E-state index contributed by atoms with van der Waals surface area (Å²) in [5.41, 5.74) is 2.85. The van der Waals surface area contributed by atoms with Crippen LogP contribution in [0.25, 0.3) is 0 Å². The number of likely N-dealkylation sites (tertiary alicyclic amines) is 1. The summed E-state index contributed by atoms with van der Waals surface area (Å²) in [6.07, 6.45) is 2.73. The third-order valence-corrected chi connectivity index (χ3v) is 1.85. The van der Waals surface area contributed by atoms with Gasteiger partial charge in [-0.25, -0.2) is 0 Å². The maximum atomic E-state index is 3.57. The molecule has 10 heavy (non-hydrogen) atoms. The number of hydrazone groups is 1. The fourth-order valence-corrected chi connectivity index (χ4v) is 1.29. The highest BCUT2D eigenvalue weighted by molar-refractivity contribution is 5.22. The Morgan fingerprint density at radius 3 is 2.70 bits per heavy atom. The summed E-state index contributed by atoms with van der Waals surface area (Å²) in [5, 5.41) is 3.57. The molecule has 0 radical (unpaired) electrons. The van der Waals surface area contributed by atoms with E-state index >= 15 is 0 Å². The van der Waals surface area contributed by atoms with Gasteiger partial charge in [-0.3, -0.25) is 0 Å². The lowest BCUT2D eigenvalue weighted by molar-refractivity contribution is 0.337. The number of hydrogen-bond donors (Lipinski definition) is 1. The number of hydrogen-bond acceptors (Lipinski definition) is 3. The molecule has 3 heteroatoms. The average molecular weight is 141 g/mol. The Labute approximate surface area is 62.1 Å². The van der Waals surface area contributed by atoms with Crippen LogP contribution in [-0.2, 0) is 0 Å². The monoisotopic (exact) mass is 141 g/mol. The van der Waals surface area contributed by atoms with Crippen molar-refractivity contribution in [1.29, 1.82) is 0 Å². The summed E-state index contributed by atoms with van der Waals surface area (Å²) in [6.45, 7) is 7.91. The molecule has 0 amide bonds. The van der Waals surface area contributed by atoms with E-state index in [1.54, 1.807) is 0 Å². The lowest BCUT2D eigenvalue weighted by atomic mass is 10.4. The van der Waals surface area contributed by atoms with Crippen LogP contribution >= 0.6 is 0 Å². The first-order valence-corrected chi connectivity index (χ1v) is 3.84. The molecule has 1 fully saturated rings. The van der Waals surface area contributed by atoms with Crippen molar-refractivity contribution in [2.45, 2.75) is 12.8 Å². The van der Waals surface area contributed by atoms with Gasteiger partial charge < -0.3 is 10.3 Å². The van der Waals surface area contributed by atoms with Crippen LogP contribution in [0.3, 0.4) is 0 Å². The molecule has 0 aromatic heterocycles. The molecule has 1 aliphatic heterocycles. The summed E-state index contributed by atoms with van der Waals surface area (Å²) in [4.78, 5) is 2.44. The zero-order valence-corrected chi connectivity index (χ0v) is 6.34. The van der Waals surface area contributed by atoms with Gasteiger partial charge in [0.05, 0.1) is 0 Å². The van der Waals surface area contributed by atoms with E-state index in [1.807, 2.05) is 0 Å². The standard InChI is InChI=1S/C7H15N3/c1-8-9-4-7-10-5-2-3-6-10/h9H,1-7H2. The van der Waals surface area contributed by atoms with E-state index in [-0.39, 0.29) is 0 Å². The SMILES string of the molecule is C=NNCCN1CCCC1. The fraction of sp³-hybridized carbons (Fsp3) is 0.857. The van der Waals surface area contributed by atoms with Crippen molar-refractivity contribution in [1.82, 2.24) is 10.3 Å². The summed E-state index contributed by atoms with van der Waals surface area (Å²) >= 11 is 0. The van der Waals surface area contributed by atoms with Crippen LogP contribution < -0.4 is 5.43 Å². The van der Waals surface area contributed by atoms with E-state index in [0.29, 0.717) is 0 Å². The number of rotatable bonds is 4. The van der Waals surface area contributed by atoms with Gasteiger partial charge in [-0.1, -0.05) is 0 Å². The van der Waals surface area contributed by atoms with Crippen LogP contribution in [0.1, 0.15) is 12.8 Å². The lowest BCUT2D eigenvalue weighted by Crippen LogP contribution is -2.27. The Morgan fingerprint density at radius 2 is 2.10 bits per heavy atom. The van der Waals surface area contributed by atoms with Gasteiger partial charge in [0.1, 0.15) is 0 Å². The van der Waals surface area contributed by atoms with Gasteiger partial charge in [0.2, 0.25) is 0 Å². The zero-order valence-electron chi connectivity index (χ0n) is 6.34. The minimum atomic E-state index is 0.934. The van der Waals surface area contributed by atoms with Gasteiger partial charge in [-0.15, -0.1) is 0 Å². The first-order chi connectivity index (χ1) is 4.93. The van der Waals surface area contributed by atoms with Crippen molar-refractivity contribution in [2.75, 3.05) is 26.2 Å². The topological polar surface area (TPSA) is 27.6 Å². The molecule has 1 aliphatic rings. The van der Waals surface area contributed by atoms with E-state index in [1.165, 1.54) is 25.9 Å². The van der Waals surface area contributed by atoms with Gasteiger partial charge in [0.25, 0.3) is 0 Å². The van der Waals surface area contributed by atoms with Crippen molar-refractivity contribution in [3.05, 3.63) is 0 Å². The van der Waals surface area contributed by atoms with Crippen LogP contribution in [-0.4, -0.2) is 37.8 Å². The van der Waals surface area contributed by atoms with Crippen LogP contribution in [0.2, 0.25) is 0 Å². The second kappa shape index (κ2) is 4.28. The average Bonchev–Trinajstić information content (AvgIpc) is 2.41. The van der Waals surface area contributed by atoms with E-state index in [9.17, 15) is 0 Å². The Bertz CT molecular complexity index is 97.0. The summed E-state index contributed by atoms with van der Waals surface area (Å²) in [6, 6.07) is 0. The largest absolute Gasteiger partial charge is 0.309 e. The van der Waals surface area contributed by atoms with E-state index < -0.39 is 0 Å². The van der Waals surface area contributed by atoms with Crippen molar-refractivity contribution in [3.8, 4) is 0 Å². The number of nitrogens with one attached hydrogen (secondary N) is 1. The van der Waals surface area contributed by atoms with E-state index in [2.05, 4.69) is 22.1 Å². The molecule has 1 N–H and O–H groups in total. The zero-order chi connectivity index (χ0) is 7.23. The lowest BCUT2D eigenvalue weighted by Gasteiger charge is -2.12. The van der Waals surface area contributed by atoms with Gasteiger partial charge in [0.15, 0.2) is 0 Å². The number of nitrogens with zero attached hydrogens (tertiary/aromatic N) is 2. The molecule has 0 aromatic carbocycles. The molecule has 0 bridgehead atoms. The molecule has 1 rings (SSSR count). The normalized spacial score (nSPS) is 19.2. The predicted molar refractivity (Wildman–Crippen MR) is 43.2 cm³/mol. The molecule has 0 aromatic rings.